The molecule has 1 saturated carbocycles. The SMILES string of the molecule is CC(C)NCc1ccc(CN2CC3CCCC3C2)c(Br)c1. The van der Waals surface area contributed by atoms with Crippen LogP contribution >= 0.6 is 15.9 Å². The zero-order valence-corrected chi connectivity index (χ0v) is 14.8. The molecule has 1 aromatic rings. The molecule has 1 N–H and O–H groups in total. The maximum absolute atomic E-state index is 3.77. The monoisotopic (exact) mass is 350 g/mol. The van der Waals surface area contributed by atoms with Crippen molar-refractivity contribution < 1.29 is 0 Å². The van der Waals surface area contributed by atoms with E-state index in [4.69, 9.17) is 0 Å². The van der Waals surface area contributed by atoms with Crippen LogP contribution in [0.25, 0.3) is 0 Å². The van der Waals surface area contributed by atoms with Crippen molar-refractivity contribution in [2.45, 2.75) is 52.2 Å². The Bertz CT molecular complexity index is 474. The van der Waals surface area contributed by atoms with E-state index in [0.717, 1.165) is 24.9 Å². The highest BCUT2D eigenvalue weighted by atomic mass is 79.9. The molecule has 116 valence electrons. The van der Waals surface area contributed by atoms with E-state index in [1.54, 1.807) is 0 Å². The van der Waals surface area contributed by atoms with Gasteiger partial charge in [-0.2, -0.15) is 0 Å². The van der Waals surface area contributed by atoms with Crippen LogP contribution < -0.4 is 5.32 Å². The Kier molecular flexibility index (Phi) is 5.03. The average Bonchev–Trinajstić information content (AvgIpc) is 3.00. The zero-order valence-electron chi connectivity index (χ0n) is 13.2. The first-order valence-corrected chi connectivity index (χ1v) is 9.14. The molecule has 1 heterocycles. The standard InChI is InChI=1S/C18H27BrN2/c1-13(2)20-9-14-6-7-17(18(19)8-14)12-21-10-15-4-3-5-16(15)11-21/h6-8,13,15-16,20H,3-5,9-12H2,1-2H3. The Morgan fingerprint density at radius 3 is 2.57 bits per heavy atom. The van der Waals surface area contributed by atoms with Crippen LogP contribution in [0.15, 0.2) is 22.7 Å². The van der Waals surface area contributed by atoms with Crippen LogP contribution in [0, 0.1) is 11.8 Å². The number of nitrogens with zero attached hydrogens (tertiary/aromatic N) is 1. The van der Waals surface area contributed by atoms with Gasteiger partial charge in [0.05, 0.1) is 0 Å². The molecule has 2 atom stereocenters. The molecule has 2 fully saturated rings. The third-order valence-corrected chi connectivity index (χ3v) is 5.77. The van der Waals surface area contributed by atoms with Gasteiger partial charge in [0.1, 0.15) is 0 Å². The normalized spacial score (nSPS) is 25.7. The Balaban J connectivity index is 1.58. The first-order chi connectivity index (χ1) is 10.1. The van der Waals surface area contributed by atoms with Crippen LogP contribution in [0.1, 0.15) is 44.2 Å². The molecule has 0 spiro atoms. The minimum atomic E-state index is 0.535. The molecule has 0 aromatic heterocycles. The van der Waals surface area contributed by atoms with Crippen molar-refractivity contribution in [3.63, 3.8) is 0 Å². The lowest BCUT2D eigenvalue weighted by Gasteiger charge is -2.18. The Labute approximate surface area is 137 Å². The number of fused-ring (bicyclic) bond motifs is 1. The van der Waals surface area contributed by atoms with E-state index in [9.17, 15) is 0 Å². The molecular weight excluding hydrogens is 324 g/mol. The van der Waals surface area contributed by atoms with Crippen LogP contribution in [0.5, 0.6) is 0 Å². The zero-order chi connectivity index (χ0) is 14.8. The molecule has 2 nitrogen and oxygen atoms in total. The predicted molar refractivity (Wildman–Crippen MR) is 92.2 cm³/mol. The highest BCUT2D eigenvalue weighted by Gasteiger charge is 2.35. The van der Waals surface area contributed by atoms with Crippen LogP contribution in [-0.4, -0.2) is 24.0 Å². The van der Waals surface area contributed by atoms with Crippen molar-refractivity contribution in [1.82, 2.24) is 10.2 Å². The largest absolute Gasteiger partial charge is 0.310 e. The first-order valence-electron chi connectivity index (χ1n) is 8.35. The summed E-state index contributed by atoms with van der Waals surface area (Å²) in [5.74, 6) is 1.97. The minimum Gasteiger partial charge on any atom is -0.310 e. The average molecular weight is 351 g/mol. The smallest absolute Gasteiger partial charge is 0.0245 e. The molecule has 2 aliphatic rings. The fourth-order valence-corrected chi connectivity index (χ4v) is 4.40. The van der Waals surface area contributed by atoms with Gasteiger partial charge in [-0.3, -0.25) is 4.90 Å². The molecule has 1 saturated heterocycles. The summed E-state index contributed by atoms with van der Waals surface area (Å²) in [6, 6.07) is 7.39. The van der Waals surface area contributed by atoms with Crippen LogP contribution in [-0.2, 0) is 13.1 Å². The van der Waals surface area contributed by atoms with Gasteiger partial charge in [-0.05, 0) is 41.9 Å². The maximum Gasteiger partial charge on any atom is 0.0245 e. The predicted octanol–water partition coefficient (Wildman–Crippen LogP) is 4.18. The molecule has 2 unspecified atom stereocenters. The van der Waals surface area contributed by atoms with Gasteiger partial charge in [0.25, 0.3) is 0 Å². The summed E-state index contributed by atoms with van der Waals surface area (Å²) in [5, 5.41) is 3.48. The van der Waals surface area contributed by atoms with Crippen molar-refractivity contribution in [1.29, 1.82) is 0 Å². The van der Waals surface area contributed by atoms with E-state index in [-0.39, 0.29) is 0 Å². The van der Waals surface area contributed by atoms with Gasteiger partial charge in [0.2, 0.25) is 0 Å². The lowest BCUT2D eigenvalue weighted by Crippen LogP contribution is -2.22. The van der Waals surface area contributed by atoms with E-state index >= 15 is 0 Å². The summed E-state index contributed by atoms with van der Waals surface area (Å²) >= 11 is 3.77. The third kappa shape index (κ3) is 3.88. The number of benzene rings is 1. The van der Waals surface area contributed by atoms with Crippen LogP contribution in [0.4, 0.5) is 0 Å². The lowest BCUT2D eigenvalue weighted by atomic mass is 10.0. The molecule has 3 rings (SSSR count). The number of likely N-dealkylation sites (tertiary alicyclic amines) is 1. The second kappa shape index (κ2) is 6.80. The van der Waals surface area contributed by atoms with E-state index in [2.05, 4.69) is 58.2 Å². The van der Waals surface area contributed by atoms with Crippen molar-refractivity contribution in [3.05, 3.63) is 33.8 Å². The number of halogens is 1. The van der Waals surface area contributed by atoms with Gasteiger partial charge in [-0.15, -0.1) is 0 Å². The van der Waals surface area contributed by atoms with Crippen LogP contribution in [0.2, 0.25) is 0 Å². The summed E-state index contributed by atoms with van der Waals surface area (Å²) < 4.78 is 1.27. The molecule has 21 heavy (non-hydrogen) atoms. The van der Waals surface area contributed by atoms with Gasteiger partial charge in [0.15, 0.2) is 0 Å². The van der Waals surface area contributed by atoms with Crippen LogP contribution in [0.3, 0.4) is 0 Å². The lowest BCUT2D eigenvalue weighted by molar-refractivity contribution is 0.303. The Morgan fingerprint density at radius 1 is 1.24 bits per heavy atom. The fraction of sp³-hybridized carbons (Fsp3) is 0.667. The molecule has 0 amide bonds. The molecule has 3 heteroatoms. The summed E-state index contributed by atoms with van der Waals surface area (Å²) in [6.45, 7) is 9.05. The second-order valence-electron chi connectivity index (χ2n) is 7.11. The summed E-state index contributed by atoms with van der Waals surface area (Å²) in [6.07, 6.45) is 4.38. The van der Waals surface area contributed by atoms with E-state index in [1.165, 1.54) is 48.0 Å². The fourth-order valence-electron chi connectivity index (χ4n) is 3.85. The summed E-state index contributed by atoms with van der Waals surface area (Å²) in [4.78, 5) is 2.65. The molecule has 0 bridgehead atoms. The third-order valence-electron chi connectivity index (χ3n) is 5.03. The summed E-state index contributed by atoms with van der Waals surface area (Å²) in [5.41, 5.74) is 2.79. The van der Waals surface area contributed by atoms with Crippen molar-refractivity contribution in [2.75, 3.05) is 13.1 Å². The van der Waals surface area contributed by atoms with Crippen molar-refractivity contribution >= 4 is 15.9 Å². The Morgan fingerprint density at radius 2 is 1.95 bits per heavy atom. The van der Waals surface area contributed by atoms with Crippen molar-refractivity contribution in [2.24, 2.45) is 11.8 Å². The number of hydrogen-bond donors (Lipinski definition) is 1. The molecule has 0 radical (unpaired) electrons. The van der Waals surface area contributed by atoms with E-state index in [1.807, 2.05) is 0 Å². The highest BCUT2D eigenvalue weighted by Crippen LogP contribution is 2.38. The molecular formula is C18H27BrN2. The quantitative estimate of drug-likeness (QED) is 0.856. The van der Waals surface area contributed by atoms with Gasteiger partial charge < -0.3 is 5.32 Å². The van der Waals surface area contributed by atoms with Crippen molar-refractivity contribution in [3.8, 4) is 0 Å². The van der Waals surface area contributed by atoms with Gasteiger partial charge >= 0.3 is 0 Å². The second-order valence-corrected chi connectivity index (χ2v) is 7.96. The van der Waals surface area contributed by atoms with E-state index in [0.29, 0.717) is 6.04 Å². The topological polar surface area (TPSA) is 15.3 Å². The molecule has 1 aliphatic heterocycles. The first kappa shape index (κ1) is 15.5. The van der Waals surface area contributed by atoms with Gasteiger partial charge in [-0.1, -0.05) is 48.3 Å². The maximum atomic E-state index is 3.77. The van der Waals surface area contributed by atoms with E-state index < -0.39 is 0 Å². The van der Waals surface area contributed by atoms with Gasteiger partial charge in [-0.25, -0.2) is 0 Å². The van der Waals surface area contributed by atoms with Gasteiger partial charge in [0, 0.05) is 36.7 Å². The molecule has 1 aromatic carbocycles. The number of nitrogens with one attached hydrogen (secondary N) is 1. The number of rotatable bonds is 5. The Hall–Kier alpha value is -0.380. The molecule has 1 aliphatic carbocycles. The minimum absolute atomic E-state index is 0.535. The highest BCUT2D eigenvalue weighted by molar-refractivity contribution is 9.10. The number of hydrogen-bond acceptors (Lipinski definition) is 2. The summed E-state index contributed by atoms with van der Waals surface area (Å²) in [7, 11) is 0.